The van der Waals surface area contributed by atoms with E-state index in [0.29, 0.717) is 11.7 Å². The minimum Gasteiger partial charge on any atom is -0.353 e. The second kappa shape index (κ2) is 4.49. The number of rotatable bonds is 3. The molecule has 0 N–H and O–H groups in total. The monoisotopic (exact) mass is 247 g/mol. The van der Waals surface area contributed by atoms with Gasteiger partial charge in [0.1, 0.15) is 0 Å². The maximum Gasteiger partial charge on any atom is 0.200 e. The van der Waals surface area contributed by atoms with Gasteiger partial charge in [-0.25, -0.2) is 0 Å². The SMILES string of the molecule is CCN(C)C1CCN(c2ccc3nnnn3n2)C1. The first-order valence-corrected chi connectivity index (χ1v) is 6.28. The van der Waals surface area contributed by atoms with E-state index in [1.807, 2.05) is 12.1 Å². The Labute approximate surface area is 105 Å². The number of anilines is 1. The molecule has 0 amide bonds. The van der Waals surface area contributed by atoms with Gasteiger partial charge in [0.05, 0.1) is 0 Å². The lowest BCUT2D eigenvalue weighted by Gasteiger charge is -2.23. The van der Waals surface area contributed by atoms with E-state index < -0.39 is 0 Å². The number of hydrogen-bond donors (Lipinski definition) is 0. The van der Waals surface area contributed by atoms with Crippen LogP contribution in [0.3, 0.4) is 0 Å². The summed E-state index contributed by atoms with van der Waals surface area (Å²) in [6.45, 7) is 5.33. The van der Waals surface area contributed by atoms with Crippen molar-refractivity contribution in [2.75, 3.05) is 31.6 Å². The summed E-state index contributed by atoms with van der Waals surface area (Å²) in [5, 5.41) is 15.7. The molecule has 3 heterocycles. The third kappa shape index (κ3) is 1.90. The number of fused-ring (bicyclic) bond motifs is 1. The Bertz CT molecular complexity index is 537. The molecule has 7 heteroatoms. The van der Waals surface area contributed by atoms with Crippen molar-refractivity contribution in [1.82, 2.24) is 30.2 Å². The normalized spacial score (nSPS) is 20.2. The van der Waals surface area contributed by atoms with Gasteiger partial charge in [0.15, 0.2) is 11.5 Å². The van der Waals surface area contributed by atoms with E-state index in [4.69, 9.17) is 0 Å². The molecule has 0 saturated carbocycles. The first kappa shape index (κ1) is 11.3. The van der Waals surface area contributed by atoms with Gasteiger partial charge >= 0.3 is 0 Å². The lowest BCUT2D eigenvalue weighted by molar-refractivity contribution is 0.272. The third-order valence-corrected chi connectivity index (χ3v) is 3.66. The maximum atomic E-state index is 4.42. The second-order valence-electron chi connectivity index (χ2n) is 4.68. The van der Waals surface area contributed by atoms with E-state index in [1.54, 1.807) is 0 Å². The fourth-order valence-corrected chi connectivity index (χ4v) is 2.38. The number of aromatic nitrogens is 5. The highest BCUT2D eigenvalue weighted by Gasteiger charge is 2.26. The molecule has 0 bridgehead atoms. The molecule has 0 radical (unpaired) electrons. The summed E-state index contributed by atoms with van der Waals surface area (Å²) in [6.07, 6.45) is 1.18. The number of likely N-dealkylation sites (N-methyl/N-ethyl adjacent to an activating group) is 1. The second-order valence-corrected chi connectivity index (χ2v) is 4.68. The molecule has 0 aromatic carbocycles. The molecular formula is C11H17N7. The van der Waals surface area contributed by atoms with Crippen molar-refractivity contribution in [3.8, 4) is 0 Å². The summed E-state index contributed by atoms with van der Waals surface area (Å²) in [6, 6.07) is 4.50. The van der Waals surface area contributed by atoms with Crippen molar-refractivity contribution in [3.05, 3.63) is 12.1 Å². The van der Waals surface area contributed by atoms with Gasteiger partial charge in [-0.05, 0) is 42.6 Å². The molecule has 1 aliphatic rings. The molecule has 1 atom stereocenters. The van der Waals surface area contributed by atoms with E-state index in [2.05, 4.69) is 44.4 Å². The van der Waals surface area contributed by atoms with Crippen molar-refractivity contribution in [2.24, 2.45) is 0 Å². The lowest BCUT2D eigenvalue weighted by Crippen LogP contribution is -2.34. The van der Waals surface area contributed by atoms with Crippen molar-refractivity contribution in [1.29, 1.82) is 0 Å². The van der Waals surface area contributed by atoms with Crippen LogP contribution in [0.2, 0.25) is 0 Å². The average molecular weight is 247 g/mol. The summed E-state index contributed by atoms with van der Waals surface area (Å²) < 4.78 is 1.48. The third-order valence-electron chi connectivity index (χ3n) is 3.66. The van der Waals surface area contributed by atoms with E-state index in [1.165, 1.54) is 11.1 Å². The van der Waals surface area contributed by atoms with Crippen molar-refractivity contribution in [3.63, 3.8) is 0 Å². The molecular weight excluding hydrogens is 230 g/mol. The fraction of sp³-hybridized carbons (Fsp3) is 0.636. The van der Waals surface area contributed by atoms with E-state index in [-0.39, 0.29) is 0 Å². The minimum atomic E-state index is 0.612. The highest BCUT2D eigenvalue weighted by molar-refractivity contribution is 5.45. The molecule has 18 heavy (non-hydrogen) atoms. The van der Waals surface area contributed by atoms with Gasteiger partial charge in [-0.2, -0.15) is 0 Å². The molecule has 2 aromatic rings. The van der Waals surface area contributed by atoms with Crippen LogP contribution < -0.4 is 4.90 Å². The van der Waals surface area contributed by atoms with Crippen molar-refractivity contribution < 1.29 is 0 Å². The van der Waals surface area contributed by atoms with Crippen LogP contribution in [0.25, 0.3) is 5.65 Å². The smallest absolute Gasteiger partial charge is 0.200 e. The summed E-state index contributed by atoms with van der Waals surface area (Å²) in [7, 11) is 2.17. The van der Waals surface area contributed by atoms with Crippen LogP contribution >= 0.6 is 0 Å². The molecule has 0 spiro atoms. The Balaban J connectivity index is 1.79. The Morgan fingerprint density at radius 1 is 1.44 bits per heavy atom. The zero-order chi connectivity index (χ0) is 12.5. The first-order valence-electron chi connectivity index (χ1n) is 6.28. The molecule has 1 unspecified atom stereocenters. The van der Waals surface area contributed by atoms with Crippen molar-refractivity contribution in [2.45, 2.75) is 19.4 Å². The highest BCUT2D eigenvalue weighted by Crippen LogP contribution is 2.20. The first-order chi connectivity index (χ1) is 8.78. The van der Waals surface area contributed by atoms with Crippen molar-refractivity contribution >= 4 is 11.5 Å². The number of nitrogens with zero attached hydrogens (tertiary/aromatic N) is 7. The van der Waals surface area contributed by atoms with E-state index >= 15 is 0 Å². The van der Waals surface area contributed by atoms with Crippen LogP contribution in [-0.4, -0.2) is 62.9 Å². The zero-order valence-corrected chi connectivity index (χ0v) is 10.7. The lowest BCUT2D eigenvalue weighted by atomic mass is 10.2. The van der Waals surface area contributed by atoms with Gasteiger partial charge in [-0.1, -0.05) is 6.92 Å². The molecule has 2 aromatic heterocycles. The standard InChI is InChI=1S/C11H17N7/c1-3-16(2)9-6-7-17(8-9)11-5-4-10-12-14-15-18(10)13-11/h4-5,9H,3,6-8H2,1-2H3. The highest BCUT2D eigenvalue weighted by atomic mass is 15.6. The Kier molecular flexibility index (Phi) is 2.83. The molecule has 1 aliphatic heterocycles. The van der Waals surface area contributed by atoms with E-state index in [9.17, 15) is 0 Å². The minimum absolute atomic E-state index is 0.612. The van der Waals surface area contributed by atoms with Gasteiger partial charge in [-0.15, -0.1) is 14.8 Å². The number of tetrazole rings is 1. The van der Waals surface area contributed by atoms with Crippen LogP contribution in [0.15, 0.2) is 12.1 Å². The maximum absolute atomic E-state index is 4.42. The predicted molar refractivity (Wildman–Crippen MR) is 67.5 cm³/mol. The molecule has 96 valence electrons. The molecule has 1 saturated heterocycles. The summed E-state index contributed by atoms with van der Waals surface area (Å²) in [4.78, 5) is 4.67. The topological polar surface area (TPSA) is 62.5 Å². The number of hydrogen-bond acceptors (Lipinski definition) is 6. The van der Waals surface area contributed by atoms with Gasteiger partial charge in [0.25, 0.3) is 0 Å². The molecule has 1 fully saturated rings. The summed E-state index contributed by atoms with van der Waals surface area (Å²) in [5.74, 6) is 0.946. The van der Waals surface area contributed by atoms with Crippen LogP contribution in [0, 0.1) is 0 Å². The van der Waals surface area contributed by atoms with Gasteiger partial charge < -0.3 is 9.80 Å². The molecule has 3 rings (SSSR count). The average Bonchev–Trinajstić information content (AvgIpc) is 3.05. The fourth-order valence-electron chi connectivity index (χ4n) is 2.38. The van der Waals surface area contributed by atoms with Gasteiger partial charge in [-0.3, -0.25) is 0 Å². The zero-order valence-electron chi connectivity index (χ0n) is 10.7. The Morgan fingerprint density at radius 2 is 2.33 bits per heavy atom. The quantitative estimate of drug-likeness (QED) is 0.763. The predicted octanol–water partition coefficient (Wildman–Crippen LogP) is 0.0497. The van der Waals surface area contributed by atoms with Gasteiger partial charge in [0.2, 0.25) is 0 Å². The molecule has 0 aliphatic carbocycles. The summed E-state index contributed by atoms with van der Waals surface area (Å²) >= 11 is 0. The largest absolute Gasteiger partial charge is 0.353 e. The van der Waals surface area contributed by atoms with Crippen LogP contribution in [0.4, 0.5) is 5.82 Å². The van der Waals surface area contributed by atoms with Crippen LogP contribution in [0.1, 0.15) is 13.3 Å². The summed E-state index contributed by atoms with van der Waals surface area (Å²) in [5.41, 5.74) is 0.681. The molecule has 7 nitrogen and oxygen atoms in total. The van der Waals surface area contributed by atoms with E-state index in [0.717, 1.165) is 25.5 Å². The Hall–Kier alpha value is -1.76. The Morgan fingerprint density at radius 3 is 3.17 bits per heavy atom. The van der Waals surface area contributed by atoms with Crippen LogP contribution in [0.5, 0.6) is 0 Å². The van der Waals surface area contributed by atoms with Crippen LogP contribution in [-0.2, 0) is 0 Å². The van der Waals surface area contributed by atoms with Gasteiger partial charge in [0, 0.05) is 19.1 Å².